The van der Waals surface area contributed by atoms with Crippen LogP contribution in [0.15, 0.2) is 28.7 Å². The minimum Gasteiger partial charge on any atom is -0.393 e. The fourth-order valence-corrected chi connectivity index (χ4v) is 2.73. The van der Waals surface area contributed by atoms with Crippen molar-refractivity contribution in [3.63, 3.8) is 0 Å². The summed E-state index contributed by atoms with van der Waals surface area (Å²) in [5.41, 5.74) is 1.44. The second-order valence-electron chi connectivity index (χ2n) is 5.01. The number of hydrogen-bond donors (Lipinski definition) is 2. The first-order valence-corrected chi connectivity index (χ1v) is 7.11. The summed E-state index contributed by atoms with van der Waals surface area (Å²) in [5.74, 6) is 0.705. The highest BCUT2D eigenvalue weighted by Gasteiger charge is 2.29. The number of hydrogen-bond acceptors (Lipinski definition) is 2. The molecule has 2 rings (SSSR count). The van der Waals surface area contributed by atoms with Crippen molar-refractivity contribution >= 4 is 15.9 Å². The van der Waals surface area contributed by atoms with E-state index in [0.29, 0.717) is 12.0 Å². The Kier molecular flexibility index (Phi) is 4.60. The van der Waals surface area contributed by atoms with Crippen LogP contribution in [-0.2, 0) is 0 Å². The van der Waals surface area contributed by atoms with E-state index in [-0.39, 0.29) is 6.10 Å². The van der Waals surface area contributed by atoms with Crippen molar-refractivity contribution in [1.29, 1.82) is 0 Å². The Morgan fingerprint density at radius 2 is 2.24 bits per heavy atom. The van der Waals surface area contributed by atoms with Gasteiger partial charge in [0.25, 0.3) is 0 Å². The second kappa shape index (κ2) is 5.98. The van der Waals surface area contributed by atoms with Crippen molar-refractivity contribution in [3.05, 3.63) is 34.3 Å². The van der Waals surface area contributed by atoms with Crippen LogP contribution in [0.3, 0.4) is 0 Å². The topological polar surface area (TPSA) is 32.3 Å². The molecule has 0 spiro atoms. The lowest BCUT2D eigenvalue weighted by atomic mass is 9.76. The number of aliphatic hydroxyl groups is 1. The highest BCUT2D eigenvalue weighted by Crippen LogP contribution is 2.37. The van der Waals surface area contributed by atoms with E-state index in [0.717, 1.165) is 13.0 Å². The molecule has 1 aliphatic carbocycles. The lowest BCUT2D eigenvalue weighted by Gasteiger charge is -2.36. The number of halogens is 1. The van der Waals surface area contributed by atoms with Crippen LogP contribution in [-0.4, -0.2) is 23.8 Å². The van der Waals surface area contributed by atoms with Gasteiger partial charge in [0.05, 0.1) is 6.10 Å². The molecule has 1 saturated carbocycles. The van der Waals surface area contributed by atoms with Gasteiger partial charge < -0.3 is 10.4 Å². The lowest BCUT2D eigenvalue weighted by Crippen LogP contribution is -2.41. The van der Waals surface area contributed by atoms with Crippen LogP contribution in [0.1, 0.15) is 37.7 Å². The summed E-state index contributed by atoms with van der Waals surface area (Å²) in [5, 5.41) is 12.7. The monoisotopic (exact) mass is 297 g/mol. The average Bonchev–Trinajstić information content (AvgIpc) is 2.21. The van der Waals surface area contributed by atoms with Gasteiger partial charge in [0.15, 0.2) is 0 Å². The molecule has 3 heteroatoms. The Morgan fingerprint density at radius 3 is 2.88 bits per heavy atom. The maximum atomic E-state index is 9.17. The van der Waals surface area contributed by atoms with Crippen LogP contribution in [0.5, 0.6) is 0 Å². The van der Waals surface area contributed by atoms with Crippen LogP contribution < -0.4 is 5.32 Å². The van der Waals surface area contributed by atoms with Gasteiger partial charge in [-0.25, -0.2) is 0 Å². The Hall–Kier alpha value is -0.380. The summed E-state index contributed by atoms with van der Waals surface area (Å²) in [6.45, 7) is 2.76. The zero-order valence-electron chi connectivity index (χ0n) is 10.2. The van der Waals surface area contributed by atoms with Crippen LogP contribution in [0.25, 0.3) is 0 Å². The number of aliphatic hydroxyl groups excluding tert-OH is 1. The molecule has 0 aromatic heterocycles. The van der Waals surface area contributed by atoms with E-state index in [1.807, 2.05) is 6.92 Å². The Labute approximate surface area is 112 Å². The SMILES string of the molecule is CC(O)CCNC1CC(c2cccc(Br)c2)C1. The van der Waals surface area contributed by atoms with Crippen molar-refractivity contribution < 1.29 is 5.11 Å². The molecule has 0 radical (unpaired) electrons. The van der Waals surface area contributed by atoms with E-state index in [9.17, 15) is 5.11 Å². The largest absolute Gasteiger partial charge is 0.393 e. The first-order chi connectivity index (χ1) is 8.15. The zero-order chi connectivity index (χ0) is 12.3. The van der Waals surface area contributed by atoms with Gasteiger partial charge in [0.1, 0.15) is 0 Å². The van der Waals surface area contributed by atoms with E-state index in [4.69, 9.17) is 0 Å². The van der Waals surface area contributed by atoms with E-state index in [1.165, 1.54) is 22.9 Å². The summed E-state index contributed by atoms with van der Waals surface area (Å²) < 4.78 is 1.17. The highest BCUT2D eigenvalue weighted by molar-refractivity contribution is 9.10. The van der Waals surface area contributed by atoms with Crippen LogP contribution in [0.2, 0.25) is 0 Å². The van der Waals surface area contributed by atoms with Gasteiger partial charge in [0, 0.05) is 10.5 Å². The van der Waals surface area contributed by atoms with E-state index in [2.05, 4.69) is 45.5 Å². The van der Waals surface area contributed by atoms with Gasteiger partial charge in [-0.2, -0.15) is 0 Å². The van der Waals surface area contributed by atoms with Crippen LogP contribution in [0.4, 0.5) is 0 Å². The summed E-state index contributed by atoms with van der Waals surface area (Å²) >= 11 is 3.51. The lowest BCUT2D eigenvalue weighted by molar-refractivity contribution is 0.177. The first kappa shape index (κ1) is 13.1. The number of nitrogens with one attached hydrogen (secondary N) is 1. The average molecular weight is 298 g/mol. The molecule has 0 amide bonds. The molecule has 1 aromatic rings. The molecule has 0 bridgehead atoms. The second-order valence-corrected chi connectivity index (χ2v) is 5.93. The minimum atomic E-state index is -0.191. The molecule has 2 N–H and O–H groups in total. The van der Waals surface area contributed by atoms with Gasteiger partial charge in [0.2, 0.25) is 0 Å². The minimum absolute atomic E-state index is 0.191. The molecular weight excluding hydrogens is 278 g/mol. The molecule has 0 saturated heterocycles. The van der Waals surface area contributed by atoms with Crippen LogP contribution in [0, 0.1) is 0 Å². The fourth-order valence-electron chi connectivity index (χ4n) is 2.31. The maximum Gasteiger partial charge on any atom is 0.0524 e. The smallest absolute Gasteiger partial charge is 0.0524 e. The van der Waals surface area contributed by atoms with Crippen molar-refractivity contribution in [2.24, 2.45) is 0 Å². The molecule has 2 nitrogen and oxygen atoms in total. The molecule has 1 atom stereocenters. The maximum absolute atomic E-state index is 9.17. The summed E-state index contributed by atoms with van der Waals surface area (Å²) in [7, 11) is 0. The predicted octanol–water partition coefficient (Wildman–Crippen LogP) is 3.06. The number of rotatable bonds is 5. The van der Waals surface area contributed by atoms with Crippen LogP contribution >= 0.6 is 15.9 Å². The quantitative estimate of drug-likeness (QED) is 0.875. The highest BCUT2D eigenvalue weighted by atomic mass is 79.9. The van der Waals surface area contributed by atoms with Gasteiger partial charge >= 0.3 is 0 Å². The van der Waals surface area contributed by atoms with Crippen molar-refractivity contribution in [3.8, 4) is 0 Å². The summed E-state index contributed by atoms with van der Waals surface area (Å²) in [4.78, 5) is 0. The third kappa shape index (κ3) is 3.80. The Morgan fingerprint density at radius 1 is 1.47 bits per heavy atom. The molecular formula is C14H20BrNO. The molecule has 1 fully saturated rings. The number of benzene rings is 1. The van der Waals surface area contributed by atoms with E-state index < -0.39 is 0 Å². The van der Waals surface area contributed by atoms with Gasteiger partial charge in [-0.05, 0) is 56.3 Å². The van der Waals surface area contributed by atoms with Gasteiger partial charge in [-0.15, -0.1) is 0 Å². The molecule has 0 heterocycles. The summed E-state index contributed by atoms with van der Waals surface area (Å²) in [6.07, 6.45) is 3.09. The van der Waals surface area contributed by atoms with E-state index in [1.54, 1.807) is 0 Å². The molecule has 94 valence electrons. The first-order valence-electron chi connectivity index (χ1n) is 6.32. The van der Waals surface area contributed by atoms with Gasteiger partial charge in [-0.3, -0.25) is 0 Å². The molecule has 1 aromatic carbocycles. The van der Waals surface area contributed by atoms with E-state index >= 15 is 0 Å². The third-order valence-corrected chi connectivity index (χ3v) is 3.95. The molecule has 0 aliphatic heterocycles. The normalized spacial score (nSPS) is 25.4. The zero-order valence-corrected chi connectivity index (χ0v) is 11.8. The Bertz CT molecular complexity index is 361. The third-order valence-electron chi connectivity index (χ3n) is 3.45. The van der Waals surface area contributed by atoms with Crippen molar-refractivity contribution in [2.75, 3.05) is 6.54 Å². The standard InChI is InChI=1S/C14H20BrNO/c1-10(17)5-6-16-14-8-12(9-14)11-3-2-4-13(15)7-11/h2-4,7,10,12,14,16-17H,5-6,8-9H2,1H3. The molecule has 1 aliphatic rings. The fraction of sp³-hybridized carbons (Fsp3) is 0.571. The van der Waals surface area contributed by atoms with Crippen molar-refractivity contribution in [2.45, 2.75) is 44.2 Å². The summed E-state index contributed by atoms with van der Waals surface area (Å²) in [6, 6.07) is 9.24. The van der Waals surface area contributed by atoms with Gasteiger partial charge in [-0.1, -0.05) is 28.1 Å². The van der Waals surface area contributed by atoms with Crippen molar-refractivity contribution in [1.82, 2.24) is 5.32 Å². The Balaban J connectivity index is 1.72. The predicted molar refractivity (Wildman–Crippen MR) is 74.2 cm³/mol. The molecule has 17 heavy (non-hydrogen) atoms. The molecule has 1 unspecified atom stereocenters.